The first-order valence-corrected chi connectivity index (χ1v) is 12.7. The summed E-state index contributed by atoms with van der Waals surface area (Å²) in [7, 11) is 0. The molecule has 0 fully saturated rings. The van der Waals surface area contributed by atoms with E-state index in [1.165, 1.54) is 0 Å². The highest BCUT2D eigenvalue weighted by atomic mass is 35.5. The second kappa shape index (κ2) is 10.6. The number of benzene rings is 1. The number of rotatable bonds is 8. The molecule has 0 spiro atoms. The van der Waals surface area contributed by atoms with Crippen LogP contribution in [0.15, 0.2) is 36.5 Å². The first-order valence-electron chi connectivity index (χ1n) is 12.3. The maximum atomic E-state index is 13.4. The van der Waals surface area contributed by atoms with Crippen molar-refractivity contribution in [2.45, 2.75) is 58.9 Å². The quantitative estimate of drug-likeness (QED) is 0.332. The van der Waals surface area contributed by atoms with Crippen LogP contribution in [0.3, 0.4) is 0 Å². The molecule has 38 heavy (non-hydrogen) atoms. The number of H-pyrrole nitrogens is 1. The number of aromatic amines is 1. The van der Waals surface area contributed by atoms with Gasteiger partial charge in [-0.1, -0.05) is 52.3 Å². The van der Waals surface area contributed by atoms with E-state index in [0.29, 0.717) is 34.1 Å². The van der Waals surface area contributed by atoms with Crippen LogP contribution in [0.2, 0.25) is 5.02 Å². The summed E-state index contributed by atoms with van der Waals surface area (Å²) in [5, 5.41) is 25.7. The average Bonchev–Trinajstić information content (AvgIpc) is 3.61. The van der Waals surface area contributed by atoms with E-state index in [1.807, 2.05) is 53.0 Å². The third kappa shape index (κ3) is 5.10. The lowest BCUT2D eigenvalue weighted by Gasteiger charge is -2.15. The van der Waals surface area contributed by atoms with Crippen molar-refractivity contribution in [2.75, 3.05) is 0 Å². The van der Waals surface area contributed by atoms with Crippen molar-refractivity contribution in [3.05, 3.63) is 75.5 Å². The van der Waals surface area contributed by atoms with Crippen LogP contribution < -0.4 is 5.73 Å². The van der Waals surface area contributed by atoms with Gasteiger partial charge in [-0.3, -0.25) is 19.4 Å². The summed E-state index contributed by atoms with van der Waals surface area (Å²) in [5.74, 6) is -1.44. The van der Waals surface area contributed by atoms with Crippen LogP contribution in [-0.4, -0.2) is 41.6 Å². The number of carbonyl (C=O) groups excluding carboxylic acids is 2. The molecule has 0 aliphatic rings. The predicted molar refractivity (Wildman–Crippen MR) is 143 cm³/mol. The molecule has 4 aromatic rings. The van der Waals surface area contributed by atoms with Gasteiger partial charge in [0.15, 0.2) is 5.69 Å². The fourth-order valence-electron chi connectivity index (χ4n) is 4.35. The van der Waals surface area contributed by atoms with Gasteiger partial charge in [0.25, 0.3) is 11.8 Å². The number of carbonyl (C=O) groups is 2. The summed E-state index contributed by atoms with van der Waals surface area (Å²) >= 11 is 6.19. The van der Waals surface area contributed by atoms with E-state index in [4.69, 9.17) is 22.6 Å². The molecule has 0 bridgehead atoms. The molecule has 4 rings (SSSR count). The van der Waals surface area contributed by atoms with Crippen molar-refractivity contribution in [2.24, 2.45) is 5.73 Å². The Bertz CT molecular complexity index is 1550. The number of primary amides is 1. The van der Waals surface area contributed by atoms with Gasteiger partial charge in [-0.05, 0) is 36.1 Å². The highest BCUT2D eigenvalue weighted by molar-refractivity contribution is 6.32. The number of hydrogen-bond donors (Lipinski definition) is 2. The van der Waals surface area contributed by atoms with Crippen molar-refractivity contribution < 1.29 is 9.59 Å². The minimum Gasteiger partial charge on any atom is -0.364 e. The first-order chi connectivity index (χ1) is 18.0. The second-order valence-corrected chi connectivity index (χ2v) is 10.3. The van der Waals surface area contributed by atoms with Crippen molar-refractivity contribution in [3.63, 3.8) is 0 Å². The van der Waals surface area contributed by atoms with Crippen LogP contribution in [-0.2, 0) is 6.54 Å². The highest BCUT2D eigenvalue weighted by Gasteiger charge is 2.31. The molecule has 0 saturated carbocycles. The van der Waals surface area contributed by atoms with E-state index in [9.17, 15) is 9.59 Å². The number of halogens is 1. The average molecular weight is 533 g/mol. The fourth-order valence-corrected chi connectivity index (χ4v) is 4.57. The first kappa shape index (κ1) is 26.8. The smallest absolute Gasteiger partial charge is 0.299 e. The Hall–Kier alpha value is -4.23. The molecule has 10 nitrogen and oxygen atoms in total. The van der Waals surface area contributed by atoms with Gasteiger partial charge in [0.2, 0.25) is 0 Å². The third-order valence-electron chi connectivity index (χ3n) is 6.34. The highest BCUT2D eigenvalue weighted by Crippen LogP contribution is 2.31. The number of aromatic nitrogens is 6. The maximum Gasteiger partial charge on any atom is 0.299 e. The van der Waals surface area contributed by atoms with Gasteiger partial charge < -0.3 is 5.73 Å². The molecule has 0 aliphatic heterocycles. The van der Waals surface area contributed by atoms with Crippen LogP contribution in [0.1, 0.15) is 95.9 Å². The Labute approximate surface area is 225 Å². The van der Waals surface area contributed by atoms with E-state index >= 15 is 0 Å². The van der Waals surface area contributed by atoms with Gasteiger partial charge in [-0.25, -0.2) is 0 Å². The standard InChI is InChI=1S/C27H29ClN8O2/c1-14(2)21-11-22(32-31-21)27(38)36-25(26(30)37)23(24(34-36)15(3)4)16(5)13-35-9-8-20(33-35)17-6-7-18(12-29)19(28)10-17/h6-11,14-16H,13H2,1-5H3,(H2,30,37)(H,31,32). The lowest BCUT2D eigenvalue weighted by atomic mass is 9.93. The zero-order chi connectivity index (χ0) is 27.7. The normalized spacial score (nSPS) is 12.2. The lowest BCUT2D eigenvalue weighted by Crippen LogP contribution is -2.25. The number of nitrogens with two attached hydrogens (primary N) is 1. The van der Waals surface area contributed by atoms with Gasteiger partial charge >= 0.3 is 0 Å². The number of hydrogen-bond acceptors (Lipinski definition) is 6. The van der Waals surface area contributed by atoms with Gasteiger partial charge in [-0.2, -0.15) is 25.2 Å². The van der Waals surface area contributed by atoms with Gasteiger partial charge in [0.05, 0.1) is 22.0 Å². The van der Waals surface area contributed by atoms with E-state index in [0.717, 1.165) is 15.9 Å². The third-order valence-corrected chi connectivity index (χ3v) is 6.65. The van der Waals surface area contributed by atoms with Gasteiger partial charge in [0, 0.05) is 35.5 Å². The second-order valence-electron chi connectivity index (χ2n) is 9.88. The molecule has 0 radical (unpaired) electrons. The largest absolute Gasteiger partial charge is 0.364 e. The summed E-state index contributed by atoms with van der Waals surface area (Å²) in [4.78, 5) is 26.1. The summed E-state index contributed by atoms with van der Waals surface area (Å²) < 4.78 is 2.83. The lowest BCUT2D eigenvalue weighted by molar-refractivity contribution is 0.0904. The van der Waals surface area contributed by atoms with Crippen molar-refractivity contribution >= 4 is 23.4 Å². The summed E-state index contributed by atoms with van der Waals surface area (Å²) in [6.07, 6.45) is 1.82. The van der Waals surface area contributed by atoms with Crippen LogP contribution >= 0.6 is 11.6 Å². The van der Waals surface area contributed by atoms with Gasteiger partial charge in [0.1, 0.15) is 11.8 Å². The minimum absolute atomic E-state index is 0.0477. The summed E-state index contributed by atoms with van der Waals surface area (Å²) in [5.41, 5.74) is 9.90. The topological polar surface area (TPSA) is 148 Å². The number of nitrogens with one attached hydrogen (secondary N) is 1. The zero-order valence-electron chi connectivity index (χ0n) is 21.9. The molecule has 196 valence electrons. The fraction of sp³-hybridized carbons (Fsp3) is 0.333. The molecule has 11 heteroatoms. The van der Waals surface area contributed by atoms with E-state index in [1.54, 1.807) is 28.9 Å². The summed E-state index contributed by atoms with van der Waals surface area (Å²) in [6, 6.07) is 10.7. The Balaban J connectivity index is 1.69. The van der Waals surface area contributed by atoms with Crippen molar-refractivity contribution in [3.8, 4) is 17.3 Å². The monoisotopic (exact) mass is 532 g/mol. The molecule has 1 amide bonds. The van der Waals surface area contributed by atoms with Crippen molar-refractivity contribution in [1.29, 1.82) is 5.26 Å². The Morgan fingerprint density at radius 2 is 1.84 bits per heavy atom. The molecule has 1 unspecified atom stereocenters. The molecule has 3 aromatic heterocycles. The summed E-state index contributed by atoms with van der Waals surface area (Å²) in [6.45, 7) is 10.2. The van der Waals surface area contributed by atoms with E-state index in [-0.39, 0.29) is 29.1 Å². The molecular formula is C27H29ClN8O2. The van der Waals surface area contributed by atoms with E-state index < -0.39 is 11.8 Å². The molecule has 1 aromatic carbocycles. The number of nitriles is 1. The minimum atomic E-state index is -0.743. The molecule has 3 N–H and O–H groups in total. The Morgan fingerprint density at radius 3 is 2.42 bits per heavy atom. The Kier molecular flexibility index (Phi) is 7.51. The van der Waals surface area contributed by atoms with E-state index in [2.05, 4.69) is 20.4 Å². The predicted octanol–water partition coefficient (Wildman–Crippen LogP) is 4.83. The Morgan fingerprint density at radius 1 is 1.11 bits per heavy atom. The van der Waals surface area contributed by atoms with Crippen LogP contribution in [0.25, 0.3) is 11.3 Å². The van der Waals surface area contributed by atoms with Gasteiger partial charge in [-0.15, -0.1) is 0 Å². The maximum absolute atomic E-state index is 13.4. The number of amides is 1. The van der Waals surface area contributed by atoms with Crippen LogP contribution in [0, 0.1) is 11.3 Å². The zero-order valence-corrected chi connectivity index (χ0v) is 22.6. The van der Waals surface area contributed by atoms with Crippen LogP contribution in [0.4, 0.5) is 0 Å². The number of nitrogens with zero attached hydrogens (tertiary/aromatic N) is 6. The molecule has 0 aliphatic carbocycles. The molecule has 1 atom stereocenters. The van der Waals surface area contributed by atoms with Crippen LogP contribution in [0.5, 0.6) is 0 Å². The molecular weight excluding hydrogens is 504 g/mol. The van der Waals surface area contributed by atoms with Crippen molar-refractivity contribution in [1.82, 2.24) is 29.8 Å². The molecule has 0 saturated heterocycles. The SMILES string of the molecule is CC(C)c1cc(C(=O)n2nc(C(C)C)c(C(C)Cn3ccc(-c4ccc(C#N)c(Cl)c4)n3)c2C(N)=O)n[nH]1. The molecule has 3 heterocycles.